The molecule has 0 aliphatic rings. The zero-order valence-electron chi connectivity index (χ0n) is 10.3. The summed E-state index contributed by atoms with van der Waals surface area (Å²) in [4.78, 5) is 14.8. The van der Waals surface area contributed by atoms with Crippen LogP contribution in [0.3, 0.4) is 0 Å². The van der Waals surface area contributed by atoms with Crippen molar-refractivity contribution in [1.82, 2.24) is 4.98 Å². The fraction of sp³-hybridized carbons (Fsp3) is 0.417. The predicted molar refractivity (Wildman–Crippen MR) is 65.2 cm³/mol. The van der Waals surface area contributed by atoms with E-state index in [0.29, 0.717) is 17.9 Å². The van der Waals surface area contributed by atoms with Crippen LogP contribution in [-0.4, -0.2) is 35.8 Å². The van der Waals surface area contributed by atoms with E-state index in [1.165, 1.54) is 7.11 Å². The van der Waals surface area contributed by atoms with E-state index in [1.807, 2.05) is 6.07 Å². The summed E-state index contributed by atoms with van der Waals surface area (Å²) in [5.41, 5.74) is 1.24. The van der Waals surface area contributed by atoms with Crippen LogP contribution < -0.4 is 5.32 Å². The third-order valence-corrected chi connectivity index (χ3v) is 2.33. The molecule has 18 heavy (non-hydrogen) atoms. The highest BCUT2D eigenvalue weighted by atomic mass is 16.5. The summed E-state index contributed by atoms with van der Waals surface area (Å²) >= 11 is 0. The molecule has 96 valence electrons. The van der Waals surface area contributed by atoms with Gasteiger partial charge in [0.2, 0.25) is 0 Å². The fourth-order valence-corrected chi connectivity index (χ4v) is 1.48. The molecule has 1 rings (SSSR count). The Morgan fingerprint density at radius 2 is 2.39 bits per heavy atom. The molecule has 0 saturated carbocycles. The Kier molecular flexibility index (Phi) is 5.08. The van der Waals surface area contributed by atoms with Crippen molar-refractivity contribution in [1.29, 1.82) is 5.26 Å². The van der Waals surface area contributed by atoms with Crippen molar-refractivity contribution in [2.75, 3.05) is 19.0 Å². The minimum absolute atomic E-state index is 0.0829. The van der Waals surface area contributed by atoms with E-state index in [-0.39, 0.29) is 6.42 Å². The van der Waals surface area contributed by atoms with Crippen molar-refractivity contribution < 1.29 is 14.6 Å². The molecule has 1 aromatic heterocycles. The number of anilines is 1. The average Bonchev–Trinajstić information content (AvgIpc) is 2.33. The first kappa shape index (κ1) is 13.9. The van der Waals surface area contributed by atoms with Gasteiger partial charge in [0.25, 0.3) is 0 Å². The van der Waals surface area contributed by atoms with Crippen LogP contribution in [0.2, 0.25) is 0 Å². The number of rotatable bonds is 6. The van der Waals surface area contributed by atoms with Gasteiger partial charge in [-0.1, -0.05) is 0 Å². The number of hydrogen-bond acceptors (Lipinski definition) is 5. The maximum Gasteiger partial charge on any atom is 0.306 e. The molecule has 0 saturated heterocycles. The molecule has 0 bridgehead atoms. The van der Waals surface area contributed by atoms with Crippen LogP contribution in [0.1, 0.15) is 17.7 Å². The Bertz CT molecular complexity index is 468. The zero-order valence-corrected chi connectivity index (χ0v) is 10.3. The van der Waals surface area contributed by atoms with Crippen molar-refractivity contribution in [2.24, 2.45) is 0 Å². The molecule has 1 atom stereocenters. The minimum atomic E-state index is -0.918. The summed E-state index contributed by atoms with van der Waals surface area (Å²) in [5, 5.41) is 20.5. The highest BCUT2D eigenvalue weighted by Crippen LogP contribution is 2.10. The number of nitriles is 1. The molecule has 0 aliphatic heterocycles. The molecule has 0 spiro atoms. The molecule has 0 aromatic carbocycles. The van der Waals surface area contributed by atoms with E-state index in [9.17, 15) is 4.79 Å². The van der Waals surface area contributed by atoms with Crippen molar-refractivity contribution in [3.8, 4) is 6.07 Å². The first-order valence-corrected chi connectivity index (χ1v) is 5.42. The maximum absolute atomic E-state index is 10.6. The van der Waals surface area contributed by atoms with Gasteiger partial charge in [0, 0.05) is 19.3 Å². The number of nitrogens with zero attached hydrogens (tertiary/aromatic N) is 2. The van der Waals surface area contributed by atoms with Gasteiger partial charge in [-0.15, -0.1) is 0 Å². The number of pyridine rings is 1. The first-order chi connectivity index (χ1) is 8.55. The van der Waals surface area contributed by atoms with Gasteiger partial charge >= 0.3 is 5.97 Å². The molecule has 2 N–H and O–H groups in total. The highest BCUT2D eigenvalue weighted by molar-refractivity contribution is 5.67. The Hall–Kier alpha value is -2.13. The van der Waals surface area contributed by atoms with Gasteiger partial charge in [0.15, 0.2) is 0 Å². The first-order valence-electron chi connectivity index (χ1n) is 5.42. The Morgan fingerprint density at radius 1 is 1.67 bits per heavy atom. The Labute approximate surface area is 105 Å². The molecule has 1 aromatic rings. The number of aryl methyl sites for hydroxylation is 1. The SMILES string of the molecule is COC(CNc1cc(C#N)cc(C)n1)CC(=O)O. The predicted octanol–water partition coefficient (Wildman–Crippen LogP) is 1.16. The second kappa shape index (κ2) is 6.57. The Morgan fingerprint density at radius 3 is 2.94 bits per heavy atom. The maximum atomic E-state index is 10.6. The molecule has 0 radical (unpaired) electrons. The number of methoxy groups -OCH3 is 1. The van der Waals surface area contributed by atoms with Crippen LogP contribution >= 0.6 is 0 Å². The second-order valence-corrected chi connectivity index (χ2v) is 3.83. The second-order valence-electron chi connectivity index (χ2n) is 3.83. The van der Waals surface area contributed by atoms with Crippen LogP contribution in [0.5, 0.6) is 0 Å². The van der Waals surface area contributed by atoms with E-state index >= 15 is 0 Å². The summed E-state index contributed by atoms with van der Waals surface area (Å²) in [6.07, 6.45) is -0.518. The summed E-state index contributed by atoms with van der Waals surface area (Å²) in [6.45, 7) is 2.11. The smallest absolute Gasteiger partial charge is 0.306 e. The molecule has 6 heteroatoms. The van der Waals surface area contributed by atoms with Crippen LogP contribution in [0, 0.1) is 18.3 Å². The normalized spacial score (nSPS) is 11.6. The number of aromatic nitrogens is 1. The summed E-state index contributed by atoms with van der Waals surface area (Å²) in [7, 11) is 1.46. The van der Waals surface area contributed by atoms with Crippen LogP contribution in [-0.2, 0) is 9.53 Å². The number of hydrogen-bond donors (Lipinski definition) is 2. The number of carboxylic acids is 1. The summed E-state index contributed by atoms with van der Waals surface area (Å²) < 4.78 is 5.03. The van der Waals surface area contributed by atoms with Gasteiger partial charge in [0.05, 0.1) is 24.2 Å². The van der Waals surface area contributed by atoms with E-state index in [4.69, 9.17) is 15.1 Å². The number of carbonyl (C=O) groups is 1. The van der Waals surface area contributed by atoms with Crippen LogP contribution in [0.25, 0.3) is 0 Å². The third-order valence-electron chi connectivity index (χ3n) is 2.33. The van der Waals surface area contributed by atoms with E-state index in [1.54, 1.807) is 19.1 Å². The van der Waals surface area contributed by atoms with Crippen molar-refractivity contribution in [3.63, 3.8) is 0 Å². The fourth-order valence-electron chi connectivity index (χ4n) is 1.48. The minimum Gasteiger partial charge on any atom is -0.481 e. The van der Waals surface area contributed by atoms with Gasteiger partial charge in [0.1, 0.15) is 5.82 Å². The van der Waals surface area contributed by atoms with Crippen LogP contribution in [0.15, 0.2) is 12.1 Å². The molecular weight excluding hydrogens is 234 g/mol. The standard InChI is InChI=1S/C12H15N3O3/c1-8-3-9(6-13)4-11(15-8)14-7-10(18-2)5-12(16)17/h3-4,10H,5,7H2,1-2H3,(H,14,15)(H,16,17). The van der Waals surface area contributed by atoms with Gasteiger partial charge in [-0.2, -0.15) is 5.26 Å². The van der Waals surface area contributed by atoms with E-state index < -0.39 is 12.1 Å². The number of nitrogens with one attached hydrogen (secondary N) is 1. The van der Waals surface area contributed by atoms with Crippen molar-refractivity contribution in [3.05, 3.63) is 23.4 Å². The molecule has 1 heterocycles. The zero-order chi connectivity index (χ0) is 13.5. The largest absolute Gasteiger partial charge is 0.481 e. The van der Waals surface area contributed by atoms with Crippen molar-refractivity contribution in [2.45, 2.75) is 19.4 Å². The van der Waals surface area contributed by atoms with Gasteiger partial charge < -0.3 is 15.2 Å². The lowest BCUT2D eigenvalue weighted by Gasteiger charge is -2.14. The van der Waals surface area contributed by atoms with Crippen LogP contribution in [0.4, 0.5) is 5.82 Å². The molecule has 0 amide bonds. The molecular formula is C12H15N3O3. The monoisotopic (exact) mass is 249 g/mol. The van der Waals surface area contributed by atoms with E-state index in [2.05, 4.69) is 10.3 Å². The summed E-state index contributed by atoms with van der Waals surface area (Å²) in [5.74, 6) is -0.377. The van der Waals surface area contributed by atoms with Crippen molar-refractivity contribution >= 4 is 11.8 Å². The average molecular weight is 249 g/mol. The molecule has 0 fully saturated rings. The molecule has 0 aliphatic carbocycles. The lowest BCUT2D eigenvalue weighted by Crippen LogP contribution is -2.25. The number of ether oxygens (including phenoxy) is 1. The lowest BCUT2D eigenvalue weighted by atomic mass is 10.2. The quantitative estimate of drug-likeness (QED) is 0.785. The number of aliphatic carboxylic acids is 1. The third kappa shape index (κ3) is 4.39. The number of carboxylic acid groups (broad SMARTS) is 1. The van der Waals surface area contributed by atoms with Gasteiger partial charge in [-0.3, -0.25) is 4.79 Å². The van der Waals surface area contributed by atoms with Gasteiger partial charge in [-0.05, 0) is 19.1 Å². The molecule has 1 unspecified atom stereocenters. The lowest BCUT2D eigenvalue weighted by molar-refractivity contribution is -0.139. The Balaban J connectivity index is 2.65. The topological polar surface area (TPSA) is 95.2 Å². The van der Waals surface area contributed by atoms with E-state index in [0.717, 1.165) is 5.69 Å². The summed E-state index contributed by atoms with van der Waals surface area (Å²) in [6, 6.07) is 5.33. The molecule has 6 nitrogen and oxygen atoms in total. The van der Waals surface area contributed by atoms with Gasteiger partial charge in [-0.25, -0.2) is 4.98 Å². The highest BCUT2D eigenvalue weighted by Gasteiger charge is 2.12.